The third-order valence-electron chi connectivity index (χ3n) is 4.03. The van der Waals surface area contributed by atoms with Crippen LogP contribution in [0.15, 0.2) is 47.6 Å². The van der Waals surface area contributed by atoms with Crippen molar-refractivity contribution in [3.05, 3.63) is 53.6 Å². The Morgan fingerprint density at radius 3 is 2.59 bits per heavy atom. The molecule has 1 heterocycles. The minimum absolute atomic E-state index is 0.105. The second-order valence-corrected chi connectivity index (χ2v) is 7.14. The average molecular weight is 414 g/mol. The van der Waals surface area contributed by atoms with Gasteiger partial charge in [0.15, 0.2) is 0 Å². The fourth-order valence-electron chi connectivity index (χ4n) is 2.52. The molecule has 2 aromatic carbocycles. The van der Waals surface area contributed by atoms with Gasteiger partial charge in [0.1, 0.15) is 24.7 Å². The molecule has 9 heteroatoms. The summed E-state index contributed by atoms with van der Waals surface area (Å²) < 4.78 is 17.5. The highest BCUT2D eigenvalue weighted by molar-refractivity contribution is 7.99. The molecule has 0 saturated carbocycles. The van der Waals surface area contributed by atoms with Gasteiger partial charge < -0.3 is 14.2 Å². The van der Waals surface area contributed by atoms with Crippen molar-refractivity contribution in [3.8, 4) is 17.2 Å². The van der Waals surface area contributed by atoms with Crippen LogP contribution in [0.1, 0.15) is 11.1 Å². The van der Waals surface area contributed by atoms with Crippen LogP contribution in [0.5, 0.6) is 11.5 Å². The molecule has 0 spiro atoms. The summed E-state index contributed by atoms with van der Waals surface area (Å²) in [5, 5.41) is 12.3. The summed E-state index contributed by atoms with van der Waals surface area (Å²) in [7, 11) is 1.61. The molecule has 1 aromatic heterocycles. The van der Waals surface area contributed by atoms with E-state index in [2.05, 4.69) is 15.5 Å². The summed E-state index contributed by atoms with van der Waals surface area (Å²) in [4.78, 5) is 12.0. The number of nitrogens with zero attached hydrogens (tertiary/aromatic N) is 4. The average Bonchev–Trinajstić information content (AvgIpc) is 3.20. The number of aromatic nitrogens is 4. The quantitative estimate of drug-likeness (QED) is 0.300. The summed E-state index contributed by atoms with van der Waals surface area (Å²) in [6, 6.07) is 13.2. The number of ether oxygens (including phenoxy) is 3. The molecule has 3 aromatic rings. The van der Waals surface area contributed by atoms with Crippen LogP contribution in [0.4, 0.5) is 0 Å². The minimum atomic E-state index is -0.358. The number of methoxy groups -OCH3 is 1. The van der Waals surface area contributed by atoms with Crippen LogP contribution in [-0.2, 0) is 9.53 Å². The molecule has 0 N–H and O–H groups in total. The van der Waals surface area contributed by atoms with Gasteiger partial charge in [-0.25, -0.2) is 0 Å². The van der Waals surface area contributed by atoms with Gasteiger partial charge in [-0.2, -0.15) is 4.68 Å². The molecule has 0 saturated heterocycles. The molecule has 0 aliphatic heterocycles. The number of tetrazole rings is 1. The van der Waals surface area contributed by atoms with Crippen molar-refractivity contribution in [2.24, 2.45) is 0 Å². The highest BCUT2D eigenvalue weighted by Gasteiger charge is 2.14. The van der Waals surface area contributed by atoms with Gasteiger partial charge in [-0.3, -0.25) is 4.79 Å². The first-order valence-electron chi connectivity index (χ1n) is 8.98. The zero-order valence-electron chi connectivity index (χ0n) is 16.5. The summed E-state index contributed by atoms with van der Waals surface area (Å²) in [6.45, 7) is 4.42. The summed E-state index contributed by atoms with van der Waals surface area (Å²) in [5.41, 5.74) is 3.04. The van der Waals surface area contributed by atoms with Crippen molar-refractivity contribution >= 4 is 17.7 Å². The normalized spacial score (nSPS) is 10.6. The number of carbonyl (C=O) groups is 1. The van der Waals surface area contributed by atoms with Gasteiger partial charge in [-0.05, 0) is 65.7 Å². The van der Waals surface area contributed by atoms with Gasteiger partial charge in [0.2, 0.25) is 5.16 Å². The van der Waals surface area contributed by atoms with E-state index in [9.17, 15) is 4.79 Å². The monoisotopic (exact) mass is 414 g/mol. The fraction of sp³-hybridized carbons (Fsp3) is 0.300. The Labute approximate surface area is 173 Å². The van der Waals surface area contributed by atoms with E-state index in [1.807, 2.05) is 32.0 Å². The summed E-state index contributed by atoms with van der Waals surface area (Å²) >= 11 is 1.23. The second kappa shape index (κ2) is 9.92. The lowest BCUT2D eigenvalue weighted by Crippen LogP contribution is -2.14. The highest BCUT2D eigenvalue weighted by atomic mass is 32.2. The van der Waals surface area contributed by atoms with E-state index in [-0.39, 0.29) is 24.9 Å². The Hall–Kier alpha value is -3.07. The van der Waals surface area contributed by atoms with Crippen molar-refractivity contribution < 1.29 is 19.0 Å². The van der Waals surface area contributed by atoms with Gasteiger partial charge in [-0.15, -0.1) is 5.10 Å². The van der Waals surface area contributed by atoms with Crippen LogP contribution in [0.2, 0.25) is 0 Å². The Balaban J connectivity index is 1.45. The molecule has 0 radical (unpaired) electrons. The first-order chi connectivity index (χ1) is 14.1. The van der Waals surface area contributed by atoms with Crippen LogP contribution >= 0.6 is 11.8 Å². The van der Waals surface area contributed by atoms with Crippen LogP contribution in [0, 0.1) is 13.8 Å². The molecule has 0 bridgehead atoms. The smallest absolute Gasteiger partial charge is 0.316 e. The van der Waals surface area contributed by atoms with E-state index in [4.69, 9.17) is 14.2 Å². The maximum Gasteiger partial charge on any atom is 0.316 e. The van der Waals surface area contributed by atoms with Crippen LogP contribution in [-0.4, -0.2) is 52.3 Å². The van der Waals surface area contributed by atoms with Gasteiger partial charge in [0, 0.05) is 0 Å². The van der Waals surface area contributed by atoms with E-state index in [1.54, 1.807) is 36.1 Å². The van der Waals surface area contributed by atoms with Crippen LogP contribution in [0.25, 0.3) is 5.69 Å². The summed E-state index contributed by atoms with van der Waals surface area (Å²) in [6.07, 6.45) is 0. The standard InChI is InChI=1S/C20H22N4O4S/c1-14-4-5-15(2)18(12-14)24-20(21-22-23-24)29-13-19(25)28-11-10-27-17-8-6-16(26-3)7-9-17/h4-9,12H,10-11,13H2,1-3H3. The third kappa shape index (κ3) is 5.71. The van der Waals surface area contributed by atoms with E-state index in [1.165, 1.54) is 11.8 Å². The third-order valence-corrected chi connectivity index (χ3v) is 4.92. The first kappa shape index (κ1) is 20.7. The number of hydrogen-bond donors (Lipinski definition) is 0. The molecular formula is C20H22N4O4S. The first-order valence-corrected chi connectivity index (χ1v) is 9.96. The summed E-state index contributed by atoms with van der Waals surface area (Å²) in [5.74, 6) is 1.19. The highest BCUT2D eigenvalue weighted by Crippen LogP contribution is 2.22. The Bertz CT molecular complexity index is 959. The SMILES string of the molecule is COc1ccc(OCCOC(=O)CSc2nnnn2-c2cc(C)ccc2C)cc1. The Kier molecular flexibility index (Phi) is 7.07. The van der Waals surface area contributed by atoms with Crippen molar-refractivity contribution in [1.29, 1.82) is 0 Å². The van der Waals surface area contributed by atoms with Gasteiger partial charge in [0.05, 0.1) is 18.6 Å². The lowest BCUT2D eigenvalue weighted by atomic mass is 10.1. The predicted molar refractivity (Wildman–Crippen MR) is 109 cm³/mol. The molecule has 0 fully saturated rings. The van der Waals surface area contributed by atoms with Crippen molar-refractivity contribution in [3.63, 3.8) is 0 Å². The second-order valence-electron chi connectivity index (χ2n) is 6.20. The zero-order valence-corrected chi connectivity index (χ0v) is 17.3. The van der Waals surface area contributed by atoms with Crippen molar-refractivity contribution in [2.45, 2.75) is 19.0 Å². The van der Waals surface area contributed by atoms with Crippen molar-refractivity contribution in [2.75, 3.05) is 26.1 Å². The number of hydrogen-bond acceptors (Lipinski definition) is 8. The lowest BCUT2D eigenvalue weighted by molar-refractivity contribution is -0.141. The molecule has 3 rings (SSSR count). The van der Waals surface area contributed by atoms with E-state index in [0.717, 1.165) is 22.6 Å². The minimum Gasteiger partial charge on any atom is -0.497 e. The van der Waals surface area contributed by atoms with E-state index < -0.39 is 0 Å². The lowest BCUT2D eigenvalue weighted by Gasteiger charge is -2.09. The van der Waals surface area contributed by atoms with E-state index in [0.29, 0.717) is 10.9 Å². The molecule has 0 amide bonds. The van der Waals surface area contributed by atoms with Gasteiger partial charge in [-0.1, -0.05) is 23.9 Å². The number of rotatable bonds is 9. The molecular weight excluding hydrogens is 392 g/mol. The number of carbonyl (C=O) groups excluding carboxylic acids is 1. The number of aryl methyl sites for hydroxylation is 2. The maximum atomic E-state index is 12.0. The largest absolute Gasteiger partial charge is 0.497 e. The predicted octanol–water partition coefficient (Wildman–Crippen LogP) is 3.00. The molecule has 152 valence electrons. The van der Waals surface area contributed by atoms with Crippen molar-refractivity contribution in [1.82, 2.24) is 20.2 Å². The number of benzene rings is 2. The topological polar surface area (TPSA) is 88.4 Å². The number of thioether (sulfide) groups is 1. The molecule has 8 nitrogen and oxygen atoms in total. The fourth-order valence-corrected chi connectivity index (χ4v) is 3.20. The molecule has 0 aliphatic carbocycles. The Morgan fingerprint density at radius 2 is 1.83 bits per heavy atom. The van der Waals surface area contributed by atoms with E-state index >= 15 is 0 Å². The van der Waals surface area contributed by atoms with Gasteiger partial charge >= 0.3 is 5.97 Å². The molecule has 0 unspecified atom stereocenters. The molecule has 0 aliphatic rings. The van der Waals surface area contributed by atoms with Crippen LogP contribution in [0.3, 0.4) is 0 Å². The Morgan fingerprint density at radius 1 is 1.07 bits per heavy atom. The molecule has 0 atom stereocenters. The molecule has 29 heavy (non-hydrogen) atoms. The van der Waals surface area contributed by atoms with Gasteiger partial charge in [0.25, 0.3) is 0 Å². The number of esters is 1. The van der Waals surface area contributed by atoms with Crippen LogP contribution < -0.4 is 9.47 Å². The maximum absolute atomic E-state index is 12.0. The zero-order chi connectivity index (χ0) is 20.6.